The second-order valence-electron chi connectivity index (χ2n) is 23.5. The van der Waals surface area contributed by atoms with Crippen LogP contribution in [0.1, 0.15) is 299 Å². The molecule has 5 rings (SSSR count). The summed E-state index contributed by atoms with van der Waals surface area (Å²) in [5.41, 5.74) is 4.29. The van der Waals surface area contributed by atoms with Crippen LogP contribution in [-0.4, -0.2) is 63.9 Å². The van der Waals surface area contributed by atoms with Gasteiger partial charge in [0.05, 0.1) is 0 Å². The molecule has 0 unspecified atom stereocenters. The number of unbranched alkanes of at least 4 members (excludes halogenated alkanes) is 28. The Morgan fingerprint density at radius 3 is 0.450 bits per heavy atom. The molecule has 0 spiro atoms. The van der Waals surface area contributed by atoms with E-state index in [0.29, 0.717) is 70.2 Å². The lowest BCUT2D eigenvalue weighted by Crippen LogP contribution is -2.11. The van der Waals surface area contributed by atoms with Gasteiger partial charge >= 0.3 is 0 Å². The van der Waals surface area contributed by atoms with Gasteiger partial charge in [-0.25, -0.2) is 0 Å². The molecule has 4 aromatic rings. The van der Waals surface area contributed by atoms with Gasteiger partial charge in [0, 0.05) is 92.4 Å². The fourth-order valence-electron chi connectivity index (χ4n) is 12.7. The van der Waals surface area contributed by atoms with Crippen LogP contribution in [0.15, 0.2) is 48.5 Å². The van der Waals surface area contributed by atoms with Crippen LogP contribution in [0, 0.1) is 0 Å². The third-order valence-corrected chi connectivity index (χ3v) is 18.6. The van der Waals surface area contributed by atoms with Gasteiger partial charge in [0.25, 0.3) is 0 Å². The maximum absolute atomic E-state index is 12.1. The van der Waals surface area contributed by atoms with Crippen molar-refractivity contribution < 1.29 is 40.9 Å². The van der Waals surface area contributed by atoms with Gasteiger partial charge in [-0.1, -0.05) is 180 Å². The average Bonchev–Trinajstić information content (AvgIpc) is 3.43. The van der Waals surface area contributed by atoms with E-state index in [2.05, 4.69) is 50.5 Å². The summed E-state index contributed by atoms with van der Waals surface area (Å²) in [5, 5.41) is 97.0. The summed E-state index contributed by atoms with van der Waals surface area (Å²) in [6.45, 7) is 0. The van der Waals surface area contributed by atoms with Crippen molar-refractivity contribution in [2.45, 2.75) is 255 Å². The lowest BCUT2D eigenvalue weighted by Gasteiger charge is -2.29. The molecular weight excluding hydrogens is 1070 g/mol. The minimum Gasteiger partial charge on any atom is -0.508 e. The first-order valence-corrected chi connectivity index (χ1v) is 34.1. The van der Waals surface area contributed by atoms with E-state index >= 15 is 0 Å². The van der Waals surface area contributed by atoms with Crippen molar-refractivity contribution in [1.29, 1.82) is 0 Å². The summed E-state index contributed by atoms with van der Waals surface area (Å²) in [5.74, 6) is 0.512. The van der Waals surface area contributed by atoms with Crippen LogP contribution in [0.25, 0.3) is 0 Å². The molecule has 0 radical (unpaired) electrons. The summed E-state index contributed by atoms with van der Waals surface area (Å²) < 4.78 is 0. The summed E-state index contributed by atoms with van der Waals surface area (Å²) in [4.78, 5) is 0. The standard InChI is InChI=1S/C68H104O8S4/c69-61-45-63(71)55-41-53(61)49(33-25-17-9-1-5-13-21-29-37-77)54-42-56(64(72)46-62(54)70)51(35-27-19-11-3-7-15-23-31-39-79)58-44-60(68(76)48-66(58)74)52(36-28-20-12-4-8-16-24-32-40-80)59-43-57(65(73)47-67(59)75)50(55)34-26-18-10-2-6-14-22-30-38-78/h41-52,69-80H,1-40H2. The highest BCUT2D eigenvalue weighted by Crippen LogP contribution is 2.52. The molecule has 8 bridgehead atoms. The Balaban J connectivity index is 1.69. The van der Waals surface area contributed by atoms with Crippen molar-refractivity contribution in [3.63, 3.8) is 0 Å². The molecule has 0 atom stereocenters. The predicted molar refractivity (Wildman–Crippen MR) is 348 cm³/mol. The molecule has 0 amide bonds. The zero-order chi connectivity index (χ0) is 57.5. The number of phenols is 8. The Hall–Kier alpha value is -3.32. The highest BCUT2D eigenvalue weighted by Gasteiger charge is 2.33. The molecule has 0 aliphatic heterocycles. The van der Waals surface area contributed by atoms with E-state index in [-0.39, 0.29) is 46.0 Å². The van der Waals surface area contributed by atoms with Crippen LogP contribution in [0.5, 0.6) is 46.0 Å². The van der Waals surface area contributed by atoms with Crippen LogP contribution in [0.4, 0.5) is 0 Å². The third-order valence-electron chi connectivity index (χ3n) is 17.3. The van der Waals surface area contributed by atoms with Gasteiger partial charge in [-0.3, -0.25) is 0 Å². The Bertz CT molecular complexity index is 1950. The highest BCUT2D eigenvalue weighted by molar-refractivity contribution is 7.80. The first kappa shape index (κ1) is 67.5. The Labute approximate surface area is 505 Å². The van der Waals surface area contributed by atoms with Gasteiger partial charge < -0.3 is 40.9 Å². The minimum absolute atomic E-state index is 0.108. The fourth-order valence-corrected chi connectivity index (χ4v) is 13.6. The molecule has 12 heteroatoms. The molecule has 8 nitrogen and oxygen atoms in total. The summed E-state index contributed by atoms with van der Waals surface area (Å²) >= 11 is 17.5. The van der Waals surface area contributed by atoms with Crippen LogP contribution < -0.4 is 0 Å². The van der Waals surface area contributed by atoms with E-state index < -0.39 is 23.7 Å². The number of thiol groups is 4. The SMILES string of the molecule is Oc1cc(O)c2cc1C(CCCCCCCCCCS)c1cc(c(O)cc1O)C(CCCCCCCCCCS)c1cc(c(O)cc1O)C(CCCCCCCCCCS)c1cc(c(O)cc1O)C2CCCCCCCCCCS. The number of benzene rings is 4. The molecule has 1 aliphatic carbocycles. The minimum atomic E-state index is -0.561. The zero-order valence-electron chi connectivity index (χ0n) is 48.6. The maximum atomic E-state index is 12.1. The molecule has 4 aromatic carbocycles. The Morgan fingerprint density at radius 2 is 0.312 bits per heavy atom. The van der Waals surface area contributed by atoms with E-state index in [0.717, 1.165) is 177 Å². The highest BCUT2D eigenvalue weighted by atomic mass is 32.1. The van der Waals surface area contributed by atoms with Crippen molar-refractivity contribution in [2.75, 3.05) is 23.0 Å². The summed E-state index contributed by atoms with van der Waals surface area (Å²) in [6.07, 6.45) is 36.4. The number of rotatable bonds is 40. The van der Waals surface area contributed by atoms with E-state index in [4.69, 9.17) is 0 Å². The van der Waals surface area contributed by atoms with Crippen LogP contribution in [0.3, 0.4) is 0 Å². The number of phenolic OH excluding ortho intramolecular Hbond substituents is 8. The lowest BCUT2D eigenvalue weighted by molar-refractivity contribution is 0.418. The maximum Gasteiger partial charge on any atom is 0.123 e. The second-order valence-corrected chi connectivity index (χ2v) is 25.2. The Kier molecular flexibility index (Phi) is 32.5. The van der Waals surface area contributed by atoms with Crippen molar-refractivity contribution in [3.8, 4) is 46.0 Å². The fraction of sp³-hybridized carbons (Fsp3) is 0.647. The summed E-state index contributed by atoms with van der Waals surface area (Å²) in [6, 6.07) is 13.1. The quantitative estimate of drug-likeness (QED) is 0.0155. The molecule has 0 aromatic heterocycles. The van der Waals surface area contributed by atoms with E-state index in [1.165, 1.54) is 75.6 Å². The molecule has 0 saturated heterocycles. The second kappa shape index (κ2) is 38.5. The monoisotopic (exact) mass is 1180 g/mol. The average molecular weight is 1180 g/mol. The molecule has 0 heterocycles. The van der Waals surface area contributed by atoms with Gasteiger partial charge in [-0.2, -0.15) is 50.5 Å². The first-order chi connectivity index (χ1) is 38.9. The largest absolute Gasteiger partial charge is 0.508 e. The number of hydrogen-bond donors (Lipinski definition) is 12. The van der Waals surface area contributed by atoms with E-state index in [1.54, 1.807) is 0 Å². The lowest BCUT2D eigenvalue weighted by atomic mass is 9.76. The van der Waals surface area contributed by atoms with Gasteiger partial charge in [-0.05, 0) is 98.6 Å². The predicted octanol–water partition coefficient (Wildman–Crippen LogP) is 19.9. The molecule has 8 N–H and O–H groups in total. The number of fused-ring (bicyclic) bond motifs is 8. The molecule has 80 heavy (non-hydrogen) atoms. The van der Waals surface area contributed by atoms with Gasteiger partial charge in [0.15, 0.2) is 0 Å². The van der Waals surface area contributed by atoms with E-state index in [9.17, 15) is 40.9 Å². The van der Waals surface area contributed by atoms with Crippen LogP contribution in [0.2, 0.25) is 0 Å². The van der Waals surface area contributed by atoms with Crippen LogP contribution >= 0.6 is 50.5 Å². The van der Waals surface area contributed by atoms with Crippen molar-refractivity contribution in [1.82, 2.24) is 0 Å². The topological polar surface area (TPSA) is 162 Å². The molecule has 0 saturated carbocycles. The zero-order valence-corrected chi connectivity index (χ0v) is 52.2. The first-order valence-electron chi connectivity index (χ1n) is 31.6. The number of hydrogen-bond acceptors (Lipinski definition) is 12. The summed E-state index contributed by atoms with van der Waals surface area (Å²) in [7, 11) is 0. The molecule has 0 fully saturated rings. The molecule has 1 aliphatic rings. The van der Waals surface area contributed by atoms with Crippen molar-refractivity contribution in [3.05, 3.63) is 93.0 Å². The molecule has 448 valence electrons. The van der Waals surface area contributed by atoms with Crippen molar-refractivity contribution >= 4 is 50.5 Å². The normalized spacial score (nSPS) is 16.1. The third kappa shape index (κ3) is 21.7. The van der Waals surface area contributed by atoms with Gasteiger partial charge in [-0.15, -0.1) is 0 Å². The smallest absolute Gasteiger partial charge is 0.123 e. The van der Waals surface area contributed by atoms with Gasteiger partial charge in [0.1, 0.15) is 46.0 Å². The van der Waals surface area contributed by atoms with Crippen molar-refractivity contribution in [2.24, 2.45) is 0 Å². The Morgan fingerprint density at radius 1 is 0.188 bits per heavy atom. The number of aromatic hydroxyl groups is 8. The van der Waals surface area contributed by atoms with E-state index in [1.807, 2.05) is 24.3 Å². The van der Waals surface area contributed by atoms with Gasteiger partial charge in [0.2, 0.25) is 0 Å². The van der Waals surface area contributed by atoms with Crippen LogP contribution in [-0.2, 0) is 0 Å². The molecular formula is C68H104O8S4.